The van der Waals surface area contributed by atoms with Crippen LogP contribution in [0.3, 0.4) is 0 Å². The lowest BCUT2D eigenvalue weighted by Crippen LogP contribution is -2.46. The monoisotopic (exact) mass is 591 g/mol. The van der Waals surface area contributed by atoms with Crippen LogP contribution in [0.2, 0.25) is 0 Å². The summed E-state index contributed by atoms with van der Waals surface area (Å²) in [6, 6.07) is 8.38. The quantitative estimate of drug-likeness (QED) is 0.390. The van der Waals surface area contributed by atoms with Crippen molar-refractivity contribution >= 4 is 0 Å². The molecule has 2 saturated carbocycles. The van der Waals surface area contributed by atoms with Gasteiger partial charge in [-0.05, 0) is 111 Å². The van der Waals surface area contributed by atoms with E-state index in [1.165, 1.54) is 10.1 Å². The first kappa shape index (κ1) is 30.4. The van der Waals surface area contributed by atoms with E-state index in [9.17, 15) is 24.9 Å². The van der Waals surface area contributed by atoms with E-state index in [1.54, 1.807) is 21.5 Å². The maximum absolute atomic E-state index is 14.2. The molecule has 6 rings (SSSR count). The summed E-state index contributed by atoms with van der Waals surface area (Å²) in [5.74, 6) is 1.38. The lowest BCUT2D eigenvalue weighted by Gasteiger charge is -2.49. The number of rotatable bonds is 7. The minimum Gasteiger partial charge on any atom is -0.393 e. The Balaban J connectivity index is 1.44. The second kappa shape index (κ2) is 11.0. The molecule has 1 aliphatic heterocycles. The molecule has 0 radical (unpaired) electrons. The summed E-state index contributed by atoms with van der Waals surface area (Å²) in [4.78, 5) is 28.4. The van der Waals surface area contributed by atoms with Gasteiger partial charge in [-0.15, -0.1) is 0 Å². The van der Waals surface area contributed by atoms with Crippen LogP contribution in [0.25, 0.3) is 5.69 Å². The highest BCUT2D eigenvalue weighted by Gasteiger charge is 2.55. The van der Waals surface area contributed by atoms with Crippen molar-refractivity contribution in [1.29, 1.82) is 0 Å². The Bertz CT molecular complexity index is 1540. The molecular formula is C35H49N3O5. The van der Waals surface area contributed by atoms with Crippen molar-refractivity contribution in [2.24, 2.45) is 23.2 Å². The van der Waals surface area contributed by atoms with E-state index < -0.39 is 23.9 Å². The third-order valence-electron chi connectivity index (χ3n) is 11.5. The summed E-state index contributed by atoms with van der Waals surface area (Å²) in [5, 5.41) is 31.8. The normalized spacial score (nSPS) is 33.1. The number of para-hydroxylation sites is 1. The van der Waals surface area contributed by atoms with Gasteiger partial charge >= 0.3 is 11.4 Å². The van der Waals surface area contributed by atoms with E-state index in [2.05, 4.69) is 19.9 Å². The van der Waals surface area contributed by atoms with Crippen LogP contribution in [0.5, 0.6) is 0 Å². The van der Waals surface area contributed by atoms with Crippen molar-refractivity contribution in [2.75, 3.05) is 0 Å². The van der Waals surface area contributed by atoms with Gasteiger partial charge < -0.3 is 15.3 Å². The van der Waals surface area contributed by atoms with Crippen molar-refractivity contribution in [3.05, 3.63) is 74.1 Å². The van der Waals surface area contributed by atoms with E-state index >= 15 is 0 Å². The van der Waals surface area contributed by atoms with Crippen molar-refractivity contribution in [3.63, 3.8) is 0 Å². The van der Waals surface area contributed by atoms with Crippen LogP contribution < -0.4 is 11.4 Å². The van der Waals surface area contributed by atoms with E-state index in [0.29, 0.717) is 29.9 Å². The fraction of sp³-hybridized carbons (Fsp3) is 0.657. The Kier molecular flexibility index (Phi) is 7.79. The average Bonchev–Trinajstić information content (AvgIpc) is 3.43. The number of fused-ring (bicyclic) bond motifs is 5. The number of aliphatic hydroxyl groups is 3. The van der Waals surface area contributed by atoms with E-state index in [4.69, 9.17) is 0 Å². The molecule has 2 aromatic rings. The maximum atomic E-state index is 14.2. The summed E-state index contributed by atoms with van der Waals surface area (Å²) in [7, 11) is 0. The molecule has 4 aliphatic rings. The summed E-state index contributed by atoms with van der Waals surface area (Å²) in [6.07, 6.45) is 8.24. The first-order valence-electron chi connectivity index (χ1n) is 16.3. The van der Waals surface area contributed by atoms with Crippen molar-refractivity contribution < 1.29 is 15.3 Å². The smallest absolute Gasteiger partial charge is 0.352 e. The summed E-state index contributed by atoms with van der Waals surface area (Å²) in [6.45, 7) is 10.5. The molecule has 8 atom stereocenters. The number of nitrogens with zero attached hydrogens (tertiary/aromatic N) is 3. The van der Waals surface area contributed by atoms with Crippen LogP contribution in [0.1, 0.15) is 104 Å². The fourth-order valence-electron chi connectivity index (χ4n) is 9.31. The highest BCUT2D eigenvalue weighted by atomic mass is 16.3. The molecule has 0 bridgehead atoms. The van der Waals surface area contributed by atoms with E-state index in [-0.39, 0.29) is 29.3 Å². The largest absolute Gasteiger partial charge is 0.393 e. The zero-order chi connectivity index (χ0) is 30.8. The molecule has 0 amide bonds. The average molecular weight is 592 g/mol. The maximum Gasteiger partial charge on any atom is 0.352 e. The van der Waals surface area contributed by atoms with Gasteiger partial charge in [-0.25, -0.2) is 23.5 Å². The minimum atomic E-state index is -0.779. The van der Waals surface area contributed by atoms with Gasteiger partial charge in [0.1, 0.15) is 0 Å². The number of aliphatic hydroxyl groups excluding tert-OH is 2. The number of hydrogen-bond donors (Lipinski definition) is 3. The molecule has 2 heterocycles. The summed E-state index contributed by atoms with van der Waals surface area (Å²) < 4.78 is 4.61. The lowest BCUT2D eigenvalue weighted by atomic mass is 9.59. The zero-order valence-electron chi connectivity index (χ0n) is 26.4. The fourth-order valence-corrected chi connectivity index (χ4v) is 9.31. The van der Waals surface area contributed by atoms with Crippen LogP contribution >= 0.6 is 0 Å². The van der Waals surface area contributed by atoms with Crippen LogP contribution in [0.4, 0.5) is 0 Å². The van der Waals surface area contributed by atoms with Crippen molar-refractivity contribution in [1.82, 2.24) is 13.9 Å². The first-order valence-corrected chi connectivity index (χ1v) is 16.3. The highest BCUT2D eigenvalue weighted by molar-refractivity contribution is 5.37. The molecule has 8 nitrogen and oxygen atoms in total. The molecule has 3 N–H and O–H groups in total. The molecule has 1 aromatic heterocycles. The van der Waals surface area contributed by atoms with Gasteiger partial charge in [-0.2, -0.15) is 0 Å². The number of hydrogen-bond acceptors (Lipinski definition) is 5. The topological polar surface area (TPSA) is 110 Å². The second-order valence-electron chi connectivity index (χ2n) is 14.8. The molecular weight excluding hydrogens is 542 g/mol. The minimum absolute atomic E-state index is 0.0874. The molecule has 43 heavy (non-hydrogen) atoms. The Morgan fingerprint density at radius 2 is 1.74 bits per heavy atom. The van der Waals surface area contributed by atoms with Crippen molar-refractivity contribution in [3.8, 4) is 5.69 Å². The van der Waals surface area contributed by atoms with Crippen LogP contribution in [-0.2, 0) is 0 Å². The Morgan fingerprint density at radius 3 is 2.44 bits per heavy atom. The predicted molar refractivity (Wildman–Crippen MR) is 167 cm³/mol. The number of aromatic nitrogens is 3. The van der Waals surface area contributed by atoms with Crippen LogP contribution in [0, 0.1) is 23.2 Å². The number of benzene rings is 1. The molecule has 2 fully saturated rings. The third-order valence-corrected chi connectivity index (χ3v) is 11.5. The molecule has 0 unspecified atom stereocenters. The Hall–Kier alpha value is -2.68. The van der Waals surface area contributed by atoms with Gasteiger partial charge in [0.2, 0.25) is 0 Å². The van der Waals surface area contributed by atoms with Gasteiger partial charge in [-0.3, -0.25) is 0 Å². The SMILES string of the molecule is CC1=C([C@@H]2C=C3[C@H]4CC[C@@H]([C@@H](C)CCCC(C)(C)O)[C@@]4(C)CC[C@@H]3n3c(=O)n(-c4ccccc4)c(=O)n32)C[C@H](O)C[C@@H]1O. The van der Waals surface area contributed by atoms with Crippen molar-refractivity contribution in [2.45, 2.75) is 122 Å². The van der Waals surface area contributed by atoms with Gasteiger partial charge in [-0.1, -0.05) is 51.0 Å². The lowest BCUT2D eigenvalue weighted by molar-refractivity contribution is 0.0538. The highest BCUT2D eigenvalue weighted by Crippen LogP contribution is 2.62. The Morgan fingerprint density at radius 1 is 1.05 bits per heavy atom. The van der Waals surface area contributed by atoms with Gasteiger partial charge in [0.05, 0.1) is 35.6 Å². The van der Waals surface area contributed by atoms with Crippen LogP contribution in [-0.4, -0.2) is 47.1 Å². The van der Waals surface area contributed by atoms with Gasteiger partial charge in [0.15, 0.2) is 0 Å². The first-order chi connectivity index (χ1) is 20.3. The zero-order valence-corrected chi connectivity index (χ0v) is 26.4. The molecule has 3 aliphatic carbocycles. The standard InChI is InChI=1S/C35H49N3O5/c1-21(10-9-16-34(3,4)43)27-13-14-28-26-20-30(25-18-24(39)19-31(40)22(25)2)38-33(42)36(23-11-7-6-8-12-23)32(41)37(38)29(26)15-17-35(27,28)5/h6-8,11-12,20-21,24,27-31,39-40,43H,9-10,13-19H2,1-5H3/t21-,24-,27-,28+,29-,30-,31-,35+/m0/s1. The van der Waals surface area contributed by atoms with E-state index in [0.717, 1.165) is 56.1 Å². The van der Waals surface area contributed by atoms with E-state index in [1.807, 2.05) is 39.0 Å². The van der Waals surface area contributed by atoms with Crippen LogP contribution in [0.15, 0.2) is 62.7 Å². The van der Waals surface area contributed by atoms with Gasteiger partial charge in [0, 0.05) is 6.42 Å². The number of allylic oxidation sites excluding steroid dienone is 2. The summed E-state index contributed by atoms with van der Waals surface area (Å²) in [5.41, 5.74) is 2.13. The molecule has 0 saturated heterocycles. The Labute approximate surface area is 254 Å². The molecule has 234 valence electrons. The molecule has 0 spiro atoms. The van der Waals surface area contributed by atoms with Gasteiger partial charge in [0.25, 0.3) is 0 Å². The second-order valence-corrected chi connectivity index (χ2v) is 14.8. The third kappa shape index (κ3) is 5.13. The molecule has 1 aromatic carbocycles. The summed E-state index contributed by atoms with van der Waals surface area (Å²) >= 11 is 0. The predicted octanol–water partition coefficient (Wildman–Crippen LogP) is 5.06. The molecule has 8 heteroatoms.